The number of benzene rings is 2. The summed E-state index contributed by atoms with van der Waals surface area (Å²) < 4.78 is 22.4. The summed E-state index contributed by atoms with van der Waals surface area (Å²) in [5, 5.41) is 0. The molecule has 2 aliphatic rings. The number of carbonyl (C=O) groups is 2. The SMILES string of the molecule is CCC(C)(CC(=O)OCCOC1Cc2ccccc21)C(=O)OCCOC1Cc2ccccc21. The van der Waals surface area contributed by atoms with Gasteiger partial charge in [-0.2, -0.15) is 0 Å². The van der Waals surface area contributed by atoms with E-state index in [-0.39, 0.29) is 31.8 Å². The molecule has 0 amide bonds. The Hall–Kier alpha value is -2.70. The number of ether oxygens (including phenoxy) is 4. The fourth-order valence-electron chi connectivity index (χ4n) is 4.28. The average Bonchev–Trinajstić information content (AvgIpc) is 2.79. The summed E-state index contributed by atoms with van der Waals surface area (Å²) in [5.74, 6) is -0.821. The van der Waals surface area contributed by atoms with Crippen molar-refractivity contribution in [1.29, 1.82) is 0 Å². The summed E-state index contributed by atoms with van der Waals surface area (Å²) in [5.41, 5.74) is 4.10. The topological polar surface area (TPSA) is 71.1 Å². The second kappa shape index (κ2) is 10.5. The fourth-order valence-corrected chi connectivity index (χ4v) is 4.28. The van der Waals surface area contributed by atoms with Crippen molar-refractivity contribution in [2.45, 2.75) is 51.7 Å². The van der Waals surface area contributed by atoms with Crippen molar-refractivity contribution in [3.05, 3.63) is 70.8 Å². The van der Waals surface area contributed by atoms with Crippen molar-refractivity contribution in [1.82, 2.24) is 0 Å². The minimum absolute atomic E-state index is 0.0224. The van der Waals surface area contributed by atoms with Crippen LogP contribution in [0.3, 0.4) is 0 Å². The first-order valence-corrected chi connectivity index (χ1v) is 11.7. The monoisotopic (exact) mass is 452 g/mol. The molecule has 176 valence electrons. The molecule has 0 aliphatic heterocycles. The average molecular weight is 453 g/mol. The molecule has 0 saturated heterocycles. The van der Waals surface area contributed by atoms with Gasteiger partial charge in [-0.05, 0) is 35.6 Å². The van der Waals surface area contributed by atoms with Crippen LogP contribution in [-0.2, 0) is 41.4 Å². The smallest absolute Gasteiger partial charge is 0.312 e. The molecule has 0 heterocycles. The van der Waals surface area contributed by atoms with Gasteiger partial charge in [0, 0.05) is 12.8 Å². The van der Waals surface area contributed by atoms with Crippen LogP contribution in [0.15, 0.2) is 48.5 Å². The number of carbonyl (C=O) groups excluding carboxylic acids is 2. The quantitative estimate of drug-likeness (QED) is 0.349. The van der Waals surface area contributed by atoms with E-state index in [1.165, 1.54) is 22.3 Å². The van der Waals surface area contributed by atoms with Gasteiger partial charge in [-0.25, -0.2) is 0 Å². The second-order valence-electron chi connectivity index (χ2n) is 8.97. The summed E-state index contributed by atoms with van der Waals surface area (Å²) in [6, 6.07) is 16.4. The van der Waals surface area contributed by atoms with Crippen LogP contribution in [0.4, 0.5) is 0 Å². The van der Waals surface area contributed by atoms with Crippen molar-refractivity contribution < 1.29 is 28.5 Å². The zero-order valence-corrected chi connectivity index (χ0v) is 19.4. The van der Waals surface area contributed by atoms with Crippen LogP contribution in [0.1, 0.15) is 61.2 Å². The summed E-state index contributed by atoms with van der Waals surface area (Å²) in [6.07, 6.45) is 2.38. The lowest BCUT2D eigenvalue weighted by Crippen LogP contribution is -2.34. The van der Waals surface area contributed by atoms with Crippen LogP contribution in [-0.4, -0.2) is 38.4 Å². The molecule has 2 aromatic carbocycles. The zero-order valence-electron chi connectivity index (χ0n) is 19.4. The minimum Gasteiger partial charge on any atom is -0.463 e. The van der Waals surface area contributed by atoms with Gasteiger partial charge < -0.3 is 18.9 Å². The molecule has 2 aromatic rings. The third-order valence-corrected chi connectivity index (χ3v) is 6.72. The molecule has 6 heteroatoms. The van der Waals surface area contributed by atoms with E-state index in [0.717, 1.165) is 12.8 Å². The van der Waals surface area contributed by atoms with E-state index in [1.54, 1.807) is 6.92 Å². The van der Waals surface area contributed by atoms with Gasteiger partial charge in [0.1, 0.15) is 13.2 Å². The van der Waals surface area contributed by atoms with E-state index >= 15 is 0 Å². The number of rotatable bonds is 12. The highest BCUT2D eigenvalue weighted by Crippen LogP contribution is 2.36. The second-order valence-corrected chi connectivity index (χ2v) is 8.97. The fraction of sp³-hybridized carbons (Fsp3) is 0.481. The molecule has 3 atom stereocenters. The Balaban J connectivity index is 1.12. The van der Waals surface area contributed by atoms with Crippen LogP contribution in [0.2, 0.25) is 0 Å². The third kappa shape index (κ3) is 5.45. The van der Waals surface area contributed by atoms with Crippen LogP contribution >= 0.6 is 0 Å². The molecule has 0 aromatic heterocycles. The highest BCUT2D eigenvalue weighted by Gasteiger charge is 2.36. The Bertz CT molecular complexity index is 986. The maximum absolute atomic E-state index is 12.6. The summed E-state index contributed by atoms with van der Waals surface area (Å²) in [7, 11) is 0. The van der Waals surface area contributed by atoms with Crippen LogP contribution in [0.25, 0.3) is 0 Å². The van der Waals surface area contributed by atoms with Gasteiger partial charge in [-0.1, -0.05) is 55.5 Å². The molecule has 3 unspecified atom stereocenters. The number of hydrogen-bond donors (Lipinski definition) is 0. The Morgan fingerprint density at radius 1 is 0.818 bits per heavy atom. The Morgan fingerprint density at radius 2 is 1.33 bits per heavy atom. The van der Waals surface area contributed by atoms with Crippen molar-refractivity contribution >= 4 is 11.9 Å². The zero-order chi connectivity index (χ0) is 23.3. The molecular formula is C27H32O6. The highest BCUT2D eigenvalue weighted by molar-refractivity contribution is 5.83. The lowest BCUT2D eigenvalue weighted by molar-refractivity contribution is -0.164. The van der Waals surface area contributed by atoms with E-state index in [4.69, 9.17) is 18.9 Å². The largest absolute Gasteiger partial charge is 0.463 e. The first-order chi connectivity index (χ1) is 16.0. The molecule has 0 spiro atoms. The molecule has 0 fully saturated rings. The predicted molar refractivity (Wildman–Crippen MR) is 123 cm³/mol. The summed E-state index contributed by atoms with van der Waals surface area (Å²) >= 11 is 0. The van der Waals surface area contributed by atoms with Crippen LogP contribution in [0, 0.1) is 5.41 Å². The number of fused-ring (bicyclic) bond motifs is 2. The lowest BCUT2D eigenvalue weighted by atomic mass is 9.84. The van der Waals surface area contributed by atoms with Crippen LogP contribution in [0.5, 0.6) is 0 Å². The molecular weight excluding hydrogens is 420 g/mol. The molecule has 6 nitrogen and oxygen atoms in total. The first kappa shape index (κ1) is 23.5. The van der Waals surface area contributed by atoms with Gasteiger partial charge in [-0.15, -0.1) is 0 Å². The Labute approximate surface area is 195 Å². The summed E-state index contributed by atoms with van der Waals surface area (Å²) in [4.78, 5) is 25.0. The van der Waals surface area contributed by atoms with E-state index in [0.29, 0.717) is 19.6 Å². The highest BCUT2D eigenvalue weighted by atomic mass is 16.6. The third-order valence-electron chi connectivity index (χ3n) is 6.72. The molecule has 0 N–H and O–H groups in total. The van der Waals surface area contributed by atoms with E-state index in [2.05, 4.69) is 24.3 Å². The van der Waals surface area contributed by atoms with Crippen molar-refractivity contribution in [3.8, 4) is 0 Å². The summed E-state index contributed by atoms with van der Waals surface area (Å²) in [6.45, 7) is 4.60. The number of hydrogen-bond acceptors (Lipinski definition) is 6. The maximum Gasteiger partial charge on any atom is 0.312 e. The lowest BCUT2D eigenvalue weighted by Gasteiger charge is -2.30. The van der Waals surface area contributed by atoms with E-state index < -0.39 is 17.4 Å². The Kier molecular flexibility index (Phi) is 7.46. The van der Waals surface area contributed by atoms with Crippen molar-refractivity contribution in [2.75, 3.05) is 26.4 Å². The maximum atomic E-state index is 12.6. The molecule has 0 bridgehead atoms. The van der Waals surface area contributed by atoms with Gasteiger partial charge in [0.15, 0.2) is 0 Å². The molecule has 33 heavy (non-hydrogen) atoms. The molecule has 2 aliphatic carbocycles. The Morgan fingerprint density at radius 3 is 1.85 bits per heavy atom. The predicted octanol–water partition coefficient (Wildman–Crippen LogP) is 4.51. The van der Waals surface area contributed by atoms with Crippen LogP contribution < -0.4 is 0 Å². The van der Waals surface area contributed by atoms with Gasteiger partial charge in [0.2, 0.25) is 0 Å². The number of esters is 2. The van der Waals surface area contributed by atoms with Gasteiger partial charge in [0.05, 0.1) is 37.3 Å². The minimum atomic E-state index is -0.923. The van der Waals surface area contributed by atoms with Gasteiger partial charge >= 0.3 is 11.9 Å². The normalized spacial score (nSPS) is 19.8. The first-order valence-electron chi connectivity index (χ1n) is 11.7. The standard InChI is InChI=1S/C27H32O6/c1-3-27(2,26(29)33-15-13-31-24-17-20-9-5-7-11-22(20)24)18-25(28)32-14-12-30-23-16-19-8-4-6-10-21(19)23/h4-11,23-24H,3,12-18H2,1-2H3. The van der Waals surface area contributed by atoms with Gasteiger partial charge in [0.25, 0.3) is 0 Å². The molecule has 0 saturated carbocycles. The van der Waals surface area contributed by atoms with Gasteiger partial charge in [-0.3, -0.25) is 9.59 Å². The van der Waals surface area contributed by atoms with E-state index in [1.807, 2.05) is 31.2 Å². The molecule has 4 rings (SSSR count). The van der Waals surface area contributed by atoms with E-state index in [9.17, 15) is 9.59 Å². The molecule has 0 radical (unpaired) electrons. The van der Waals surface area contributed by atoms with Crippen molar-refractivity contribution in [2.24, 2.45) is 5.41 Å². The van der Waals surface area contributed by atoms with Crippen molar-refractivity contribution in [3.63, 3.8) is 0 Å².